The van der Waals surface area contributed by atoms with Gasteiger partial charge in [-0.25, -0.2) is 4.52 Å². The highest BCUT2D eigenvalue weighted by Crippen LogP contribution is 2.37. The summed E-state index contributed by atoms with van der Waals surface area (Å²) in [5.41, 5.74) is 5.31. The Bertz CT molecular complexity index is 1380. The van der Waals surface area contributed by atoms with Crippen LogP contribution in [0.4, 0.5) is 11.6 Å². The van der Waals surface area contributed by atoms with E-state index in [4.69, 9.17) is 14.5 Å². The van der Waals surface area contributed by atoms with Crippen molar-refractivity contribution in [1.82, 2.24) is 19.6 Å². The maximum absolute atomic E-state index is 5.51. The average Bonchev–Trinajstić information content (AvgIpc) is 3.27. The van der Waals surface area contributed by atoms with Gasteiger partial charge in [0.25, 0.3) is 0 Å². The van der Waals surface area contributed by atoms with E-state index in [1.54, 1.807) is 31.1 Å². The number of anilines is 2. The second-order valence-corrected chi connectivity index (χ2v) is 7.06. The molecule has 1 N–H and O–H groups in total. The highest BCUT2D eigenvalue weighted by atomic mass is 16.5. The lowest BCUT2D eigenvalue weighted by Crippen LogP contribution is -1.98. The van der Waals surface area contributed by atoms with Crippen molar-refractivity contribution in [2.75, 3.05) is 19.5 Å². The Kier molecular flexibility index (Phi) is 5.13. The number of rotatable bonds is 6. The number of hydrogen-bond acceptors (Lipinski definition) is 6. The van der Waals surface area contributed by atoms with Gasteiger partial charge >= 0.3 is 0 Å². The molecule has 0 aliphatic heterocycles. The second-order valence-electron chi connectivity index (χ2n) is 7.06. The lowest BCUT2D eigenvalue weighted by molar-refractivity contribution is 0.356. The molecule has 5 aromatic rings. The molecule has 0 saturated carbocycles. The number of methoxy groups -OCH3 is 2. The van der Waals surface area contributed by atoms with Crippen molar-refractivity contribution in [1.29, 1.82) is 0 Å². The number of nitrogens with zero attached hydrogens (tertiary/aromatic N) is 4. The van der Waals surface area contributed by atoms with Crippen LogP contribution in [0.25, 0.3) is 28.0 Å². The van der Waals surface area contributed by atoms with Crippen molar-refractivity contribution in [3.8, 4) is 33.9 Å². The van der Waals surface area contributed by atoms with Crippen LogP contribution < -0.4 is 14.8 Å². The largest absolute Gasteiger partial charge is 0.493 e. The van der Waals surface area contributed by atoms with E-state index in [1.165, 1.54) is 0 Å². The Balaban J connectivity index is 1.60. The Morgan fingerprint density at radius 3 is 2.38 bits per heavy atom. The fraction of sp³-hybridized carbons (Fsp3) is 0.0800. The normalized spacial score (nSPS) is 10.8. The number of aromatic nitrogens is 4. The summed E-state index contributed by atoms with van der Waals surface area (Å²) in [7, 11) is 3.20. The summed E-state index contributed by atoms with van der Waals surface area (Å²) in [5.74, 6) is 1.64. The molecule has 0 aliphatic rings. The first-order valence-corrected chi connectivity index (χ1v) is 10.1. The molecule has 3 aromatic carbocycles. The van der Waals surface area contributed by atoms with Crippen LogP contribution in [0.5, 0.6) is 11.5 Å². The smallest absolute Gasteiger partial charge is 0.247 e. The molecular weight excluding hydrogens is 402 g/mol. The van der Waals surface area contributed by atoms with E-state index in [2.05, 4.69) is 39.7 Å². The summed E-state index contributed by atoms with van der Waals surface area (Å²) in [6, 6.07) is 24.0. The van der Waals surface area contributed by atoms with Crippen LogP contribution in [0.15, 0.2) is 85.2 Å². The molecule has 0 bridgehead atoms. The Hall–Kier alpha value is -4.39. The van der Waals surface area contributed by atoms with Gasteiger partial charge in [0, 0.05) is 18.0 Å². The highest BCUT2D eigenvalue weighted by Gasteiger charge is 2.16. The third-order valence-corrected chi connectivity index (χ3v) is 5.17. The van der Waals surface area contributed by atoms with Gasteiger partial charge in [-0.2, -0.15) is 4.98 Å². The van der Waals surface area contributed by atoms with E-state index in [9.17, 15) is 0 Å². The summed E-state index contributed by atoms with van der Waals surface area (Å²) in [6.07, 6.45) is 3.51. The van der Waals surface area contributed by atoms with E-state index >= 15 is 0 Å². The zero-order valence-electron chi connectivity index (χ0n) is 17.7. The monoisotopic (exact) mass is 423 g/mol. The quantitative estimate of drug-likeness (QED) is 0.404. The standard InChI is InChI=1S/C25H21N5O2/c1-31-21-14-8-13-20(23(21)32-2)27-25-28-24-22(26-15-16-30(24)29-25)19-12-7-6-11-18(19)17-9-4-3-5-10-17/h3-16H,1-2H3,(H,27,29). The predicted octanol–water partition coefficient (Wildman–Crippen LogP) is 5.22. The predicted molar refractivity (Wildman–Crippen MR) is 124 cm³/mol. The number of nitrogens with one attached hydrogen (secondary N) is 1. The van der Waals surface area contributed by atoms with Crippen molar-refractivity contribution in [3.05, 3.63) is 85.2 Å². The Morgan fingerprint density at radius 1 is 0.812 bits per heavy atom. The molecule has 2 aromatic heterocycles. The zero-order valence-corrected chi connectivity index (χ0v) is 17.7. The van der Waals surface area contributed by atoms with E-state index in [1.807, 2.05) is 48.5 Å². The molecule has 7 heteroatoms. The molecule has 0 atom stereocenters. The van der Waals surface area contributed by atoms with Gasteiger partial charge in [-0.1, -0.05) is 60.7 Å². The van der Waals surface area contributed by atoms with Crippen LogP contribution >= 0.6 is 0 Å². The third-order valence-electron chi connectivity index (χ3n) is 5.17. The second kappa shape index (κ2) is 8.39. The first-order chi connectivity index (χ1) is 15.8. The van der Waals surface area contributed by atoms with Crippen molar-refractivity contribution < 1.29 is 9.47 Å². The molecule has 0 amide bonds. The molecule has 0 aliphatic carbocycles. The van der Waals surface area contributed by atoms with Gasteiger partial charge in [0.1, 0.15) is 5.69 Å². The molecule has 0 saturated heterocycles. The third kappa shape index (κ3) is 3.50. The number of fused-ring (bicyclic) bond motifs is 1. The molecule has 0 spiro atoms. The fourth-order valence-corrected chi connectivity index (χ4v) is 3.73. The first-order valence-electron chi connectivity index (χ1n) is 10.1. The van der Waals surface area contributed by atoms with Gasteiger partial charge in [0.15, 0.2) is 17.1 Å². The molecule has 0 fully saturated rings. The molecule has 7 nitrogen and oxygen atoms in total. The summed E-state index contributed by atoms with van der Waals surface area (Å²) in [6.45, 7) is 0. The molecule has 5 rings (SSSR count). The van der Waals surface area contributed by atoms with Gasteiger partial charge in [-0.3, -0.25) is 4.98 Å². The van der Waals surface area contributed by atoms with Crippen LogP contribution in [-0.4, -0.2) is 33.8 Å². The maximum Gasteiger partial charge on any atom is 0.247 e. The Morgan fingerprint density at radius 2 is 1.59 bits per heavy atom. The molecule has 2 heterocycles. The lowest BCUT2D eigenvalue weighted by atomic mass is 9.98. The minimum absolute atomic E-state index is 0.433. The van der Waals surface area contributed by atoms with Crippen LogP contribution in [0, 0.1) is 0 Å². The average molecular weight is 423 g/mol. The highest BCUT2D eigenvalue weighted by molar-refractivity contribution is 5.87. The van der Waals surface area contributed by atoms with Crippen LogP contribution in [0.1, 0.15) is 0 Å². The molecular formula is C25H21N5O2. The van der Waals surface area contributed by atoms with Gasteiger partial charge in [0.05, 0.1) is 19.9 Å². The summed E-state index contributed by atoms with van der Waals surface area (Å²) in [5, 5.41) is 7.82. The van der Waals surface area contributed by atoms with Crippen LogP contribution in [0.2, 0.25) is 0 Å². The van der Waals surface area contributed by atoms with Crippen molar-refractivity contribution in [2.24, 2.45) is 0 Å². The molecule has 0 unspecified atom stereocenters. The number of hydrogen-bond donors (Lipinski definition) is 1. The molecule has 158 valence electrons. The minimum Gasteiger partial charge on any atom is -0.493 e. The van der Waals surface area contributed by atoms with Crippen molar-refractivity contribution >= 4 is 17.3 Å². The van der Waals surface area contributed by atoms with Crippen molar-refractivity contribution in [3.63, 3.8) is 0 Å². The first kappa shape index (κ1) is 19.6. The van der Waals surface area contributed by atoms with Gasteiger partial charge in [0.2, 0.25) is 5.95 Å². The van der Waals surface area contributed by atoms with Gasteiger partial charge < -0.3 is 14.8 Å². The van der Waals surface area contributed by atoms with Gasteiger partial charge in [-0.15, -0.1) is 5.10 Å². The topological polar surface area (TPSA) is 73.6 Å². The Labute approximate surface area is 185 Å². The summed E-state index contributed by atoms with van der Waals surface area (Å²) >= 11 is 0. The number of benzene rings is 3. The van der Waals surface area contributed by atoms with Crippen LogP contribution in [0.3, 0.4) is 0 Å². The lowest BCUT2D eigenvalue weighted by Gasteiger charge is -2.12. The van der Waals surface area contributed by atoms with E-state index in [0.717, 1.165) is 22.4 Å². The molecule has 0 radical (unpaired) electrons. The summed E-state index contributed by atoms with van der Waals surface area (Å²) in [4.78, 5) is 9.38. The fourth-order valence-electron chi connectivity index (χ4n) is 3.73. The maximum atomic E-state index is 5.51. The van der Waals surface area contributed by atoms with E-state index < -0.39 is 0 Å². The number of ether oxygens (including phenoxy) is 2. The number of para-hydroxylation sites is 1. The van der Waals surface area contributed by atoms with Gasteiger partial charge in [-0.05, 0) is 23.3 Å². The van der Waals surface area contributed by atoms with Crippen molar-refractivity contribution in [2.45, 2.75) is 0 Å². The SMILES string of the molecule is COc1cccc(Nc2nc3c(-c4ccccc4-c4ccccc4)nccn3n2)c1OC. The van der Waals surface area contributed by atoms with E-state index in [-0.39, 0.29) is 0 Å². The van der Waals surface area contributed by atoms with E-state index in [0.29, 0.717) is 28.8 Å². The zero-order chi connectivity index (χ0) is 21.9. The minimum atomic E-state index is 0.433. The summed E-state index contributed by atoms with van der Waals surface area (Å²) < 4.78 is 12.6. The van der Waals surface area contributed by atoms with Crippen LogP contribution in [-0.2, 0) is 0 Å². The molecule has 32 heavy (non-hydrogen) atoms.